The molecule has 0 saturated carbocycles. The van der Waals surface area contributed by atoms with Crippen LogP contribution in [-0.4, -0.2) is 17.5 Å². The molecule has 16 heavy (non-hydrogen) atoms. The lowest BCUT2D eigenvalue weighted by Crippen LogP contribution is -2.29. The molecule has 1 heterocycles. The molecule has 0 spiro atoms. The molecular weight excluding hydrogens is 200 g/mol. The van der Waals surface area contributed by atoms with Crippen LogP contribution in [0.15, 0.2) is 34.3 Å². The molecule has 3 nitrogen and oxygen atoms in total. The van der Waals surface area contributed by atoms with Crippen molar-refractivity contribution in [2.24, 2.45) is 21.8 Å². The molecule has 1 aliphatic heterocycles. The fourth-order valence-corrected chi connectivity index (χ4v) is 2.02. The highest BCUT2D eigenvalue weighted by Gasteiger charge is 2.28. The van der Waals surface area contributed by atoms with Gasteiger partial charge in [0.05, 0.1) is 5.71 Å². The Morgan fingerprint density at radius 2 is 2.00 bits per heavy atom. The normalized spacial score (nSPS) is 23.2. The van der Waals surface area contributed by atoms with Crippen molar-refractivity contribution in [2.45, 2.75) is 26.7 Å². The summed E-state index contributed by atoms with van der Waals surface area (Å²) in [5.74, 6) is 0.688. The second-order valence-electron chi connectivity index (χ2n) is 4.08. The summed E-state index contributed by atoms with van der Waals surface area (Å²) in [6.07, 6.45) is 9.50. The third-order valence-corrected chi connectivity index (χ3v) is 3.09. The Kier molecular flexibility index (Phi) is 3.13. The van der Waals surface area contributed by atoms with Gasteiger partial charge in [0.1, 0.15) is 11.8 Å². The highest BCUT2D eigenvalue weighted by atomic mass is 16.1. The van der Waals surface area contributed by atoms with Gasteiger partial charge in [-0.1, -0.05) is 32.1 Å². The highest BCUT2D eigenvalue weighted by Crippen LogP contribution is 2.21. The lowest BCUT2D eigenvalue weighted by atomic mass is 9.94. The lowest BCUT2D eigenvalue weighted by molar-refractivity contribution is -0.118. The van der Waals surface area contributed by atoms with Crippen molar-refractivity contribution < 1.29 is 4.79 Å². The van der Waals surface area contributed by atoms with Crippen molar-refractivity contribution in [3.63, 3.8) is 0 Å². The van der Waals surface area contributed by atoms with Gasteiger partial charge >= 0.3 is 0 Å². The number of rotatable bonds is 3. The van der Waals surface area contributed by atoms with Crippen LogP contribution in [0, 0.1) is 11.8 Å². The third-order valence-electron chi connectivity index (χ3n) is 3.09. The largest absolute Gasteiger partial charge is 0.271 e. The molecule has 1 aliphatic carbocycles. The second-order valence-corrected chi connectivity index (χ2v) is 4.08. The first kappa shape index (κ1) is 11.0. The second kappa shape index (κ2) is 4.56. The third kappa shape index (κ3) is 1.90. The highest BCUT2D eigenvalue weighted by molar-refractivity contribution is 6.21. The fourth-order valence-electron chi connectivity index (χ4n) is 2.02. The number of carbonyl (C=O) groups is 1. The van der Waals surface area contributed by atoms with Gasteiger partial charge in [-0.2, -0.15) is 4.99 Å². The van der Waals surface area contributed by atoms with E-state index in [4.69, 9.17) is 0 Å². The minimum atomic E-state index is -0.247. The molecule has 0 N–H and O–H groups in total. The van der Waals surface area contributed by atoms with Crippen LogP contribution >= 0.6 is 0 Å². The van der Waals surface area contributed by atoms with Crippen LogP contribution in [0.1, 0.15) is 26.7 Å². The Hall–Kier alpha value is -1.51. The zero-order valence-electron chi connectivity index (χ0n) is 9.68. The number of amides is 1. The predicted octanol–water partition coefficient (Wildman–Crippen LogP) is 2.54. The van der Waals surface area contributed by atoms with E-state index in [0.717, 1.165) is 18.6 Å². The minimum absolute atomic E-state index is 0.0764. The standard InChI is InChI=1S/C13H16N2O/c1-3-9(4-2)12-14-11-8-6-5-7-10(11)13(16)15-12/h5-10H,3-4H2,1-2H3. The van der Waals surface area contributed by atoms with E-state index in [1.165, 1.54) is 0 Å². The van der Waals surface area contributed by atoms with Gasteiger partial charge in [0, 0.05) is 5.92 Å². The van der Waals surface area contributed by atoms with E-state index in [0.29, 0.717) is 11.8 Å². The number of nitrogens with zero attached hydrogens (tertiary/aromatic N) is 2. The lowest BCUT2D eigenvalue weighted by Gasteiger charge is -2.21. The predicted molar refractivity (Wildman–Crippen MR) is 65.7 cm³/mol. The van der Waals surface area contributed by atoms with Crippen LogP contribution in [0.4, 0.5) is 0 Å². The molecule has 0 aromatic carbocycles. The minimum Gasteiger partial charge on any atom is -0.271 e. The van der Waals surface area contributed by atoms with Gasteiger partial charge in [-0.25, -0.2) is 4.99 Å². The molecule has 2 aliphatic rings. The van der Waals surface area contributed by atoms with E-state index in [-0.39, 0.29) is 11.8 Å². The maximum absolute atomic E-state index is 11.8. The van der Waals surface area contributed by atoms with Crippen molar-refractivity contribution in [3.05, 3.63) is 24.3 Å². The average molecular weight is 216 g/mol. The fraction of sp³-hybridized carbons (Fsp3) is 0.462. The van der Waals surface area contributed by atoms with Crippen LogP contribution in [0.2, 0.25) is 0 Å². The SMILES string of the molecule is CCC(CC)C1=NC(=O)C2C=CC=CC2=N1. The van der Waals surface area contributed by atoms with E-state index >= 15 is 0 Å². The summed E-state index contributed by atoms with van der Waals surface area (Å²) in [5.41, 5.74) is 0.837. The van der Waals surface area contributed by atoms with Crippen LogP contribution in [0.5, 0.6) is 0 Å². The average Bonchev–Trinajstić information content (AvgIpc) is 2.31. The van der Waals surface area contributed by atoms with Gasteiger partial charge in [-0.05, 0) is 18.9 Å². The molecule has 0 aromatic heterocycles. The number of allylic oxidation sites excluding steroid dienone is 3. The molecule has 0 bridgehead atoms. The first-order chi connectivity index (χ1) is 7.76. The van der Waals surface area contributed by atoms with E-state index in [1.54, 1.807) is 0 Å². The summed E-state index contributed by atoms with van der Waals surface area (Å²) >= 11 is 0. The van der Waals surface area contributed by atoms with Gasteiger partial charge < -0.3 is 0 Å². The van der Waals surface area contributed by atoms with Crippen LogP contribution in [-0.2, 0) is 4.79 Å². The van der Waals surface area contributed by atoms with E-state index in [2.05, 4.69) is 23.8 Å². The Balaban J connectivity index is 2.31. The molecule has 0 saturated heterocycles. The molecule has 1 amide bonds. The van der Waals surface area contributed by atoms with Crippen molar-refractivity contribution in [1.29, 1.82) is 0 Å². The molecule has 3 heteroatoms. The number of fused-ring (bicyclic) bond motifs is 1. The van der Waals surface area contributed by atoms with Gasteiger partial charge in [0.2, 0.25) is 0 Å². The number of hydrogen-bond acceptors (Lipinski definition) is 2. The quantitative estimate of drug-likeness (QED) is 0.714. The van der Waals surface area contributed by atoms with Gasteiger partial charge in [0.25, 0.3) is 5.91 Å². The maximum atomic E-state index is 11.8. The van der Waals surface area contributed by atoms with Crippen molar-refractivity contribution in [3.8, 4) is 0 Å². The molecule has 1 unspecified atom stereocenters. The van der Waals surface area contributed by atoms with E-state index in [1.807, 2.05) is 24.3 Å². The summed E-state index contributed by atoms with van der Waals surface area (Å²) in [7, 11) is 0. The zero-order valence-corrected chi connectivity index (χ0v) is 9.68. The topological polar surface area (TPSA) is 41.8 Å². The summed E-state index contributed by atoms with van der Waals surface area (Å²) in [6.45, 7) is 4.20. The molecule has 0 radical (unpaired) electrons. The maximum Gasteiger partial charge on any atom is 0.260 e. The van der Waals surface area contributed by atoms with Crippen LogP contribution < -0.4 is 0 Å². The number of amidine groups is 1. The number of carbonyl (C=O) groups excluding carboxylic acids is 1. The van der Waals surface area contributed by atoms with Crippen LogP contribution in [0.3, 0.4) is 0 Å². The van der Waals surface area contributed by atoms with Gasteiger partial charge in [-0.15, -0.1) is 0 Å². The van der Waals surface area contributed by atoms with Gasteiger partial charge in [-0.3, -0.25) is 4.79 Å². The first-order valence-electron chi connectivity index (χ1n) is 5.82. The Bertz CT molecular complexity index is 412. The number of hydrogen-bond donors (Lipinski definition) is 0. The molecule has 2 rings (SSSR count). The van der Waals surface area contributed by atoms with Crippen molar-refractivity contribution in [2.75, 3.05) is 0 Å². The van der Waals surface area contributed by atoms with Crippen molar-refractivity contribution in [1.82, 2.24) is 0 Å². The van der Waals surface area contributed by atoms with Crippen LogP contribution in [0.25, 0.3) is 0 Å². The molecular formula is C13H16N2O. The summed E-state index contributed by atoms with van der Waals surface area (Å²) in [6, 6.07) is 0. The Labute approximate surface area is 95.7 Å². The molecule has 84 valence electrons. The summed E-state index contributed by atoms with van der Waals surface area (Å²) < 4.78 is 0. The monoisotopic (exact) mass is 216 g/mol. The zero-order chi connectivity index (χ0) is 11.5. The van der Waals surface area contributed by atoms with E-state index in [9.17, 15) is 4.79 Å². The Morgan fingerprint density at radius 1 is 1.25 bits per heavy atom. The van der Waals surface area contributed by atoms with Crippen molar-refractivity contribution >= 4 is 17.5 Å². The molecule has 1 atom stereocenters. The molecule has 0 fully saturated rings. The summed E-state index contributed by atoms with van der Waals surface area (Å²) in [4.78, 5) is 20.4. The number of aliphatic imine (C=N–C) groups is 2. The first-order valence-corrected chi connectivity index (χ1v) is 5.82. The molecule has 0 aromatic rings. The smallest absolute Gasteiger partial charge is 0.260 e. The summed E-state index contributed by atoms with van der Waals surface area (Å²) in [5, 5.41) is 0. The Morgan fingerprint density at radius 3 is 2.69 bits per heavy atom. The van der Waals surface area contributed by atoms with E-state index < -0.39 is 0 Å². The van der Waals surface area contributed by atoms with Gasteiger partial charge in [0.15, 0.2) is 0 Å².